The van der Waals surface area contributed by atoms with Crippen LogP contribution in [0.5, 0.6) is 5.75 Å². The first-order chi connectivity index (χ1) is 11.2. The fourth-order valence-corrected chi connectivity index (χ4v) is 2.77. The van der Waals surface area contributed by atoms with Gasteiger partial charge in [-0.25, -0.2) is 0 Å². The summed E-state index contributed by atoms with van der Waals surface area (Å²) >= 11 is 0. The third kappa shape index (κ3) is 3.76. The smallest absolute Gasteiger partial charge is 0.287 e. The molecule has 2 aromatic rings. The van der Waals surface area contributed by atoms with Crippen LogP contribution in [-0.4, -0.2) is 11.9 Å². The number of benzene rings is 1. The van der Waals surface area contributed by atoms with Gasteiger partial charge in [0.2, 0.25) is 0 Å². The Morgan fingerprint density at radius 2 is 2.09 bits per heavy atom. The maximum atomic E-state index is 12.0. The second kappa shape index (κ2) is 6.90. The van der Waals surface area contributed by atoms with E-state index in [0.29, 0.717) is 18.1 Å². The first kappa shape index (κ1) is 15.7. The van der Waals surface area contributed by atoms with E-state index in [2.05, 4.69) is 17.4 Å². The third-order valence-electron chi connectivity index (χ3n) is 4.33. The maximum absolute atomic E-state index is 12.0. The number of nitrogens with one attached hydrogen (secondary N) is 1. The molecule has 4 nitrogen and oxygen atoms in total. The van der Waals surface area contributed by atoms with Crippen molar-refractivity contribution in [3.63, 3.8) is 0 Å². The number of carbonyl (C=O) groups excluding carboxylic acids is 1. The Kier molecular flexibility index (Phi) is 4.70. The van der Waals surface area contributed by atoms with E-state index in [9.17, 15) is 4.79 Å². The molecule has 0 aliphatic heterocycles. The number of furan rings is 1. The Bertz CT molecular complexity index is 690. The van der Waals surface area contributed by atoms with Gasteiger partial charge in [-0.3, -0.25) is 4.79 Å². The molecule has 0 saturated carbocycles. The van der Waals surface area contributed by atoms with Crippen molar-refractivity contribution in [2.24, 2.45) is 0 Å². The summed E-state index contributed by atoms with van der Waals surface area (Å²) in [4.78, 5) is 12.0. The van der Waals surface area contributed by atoms with Crippen LogP contribution < -0.4 is 10.1 Å². The molecule has 1 amide bonds. The van der Waals surface area contributed by atoms with Crippen molar-refractivity contribution in [2.75, 3.05) is 0 Å². The summed E-state index contributed by atoms with van der Waals surface area (Å²) in [7, 11) is 0. The number of ether oxygens (including phenoxy) is 1. The minimum Gasteiger partial charge on any atom is -0.486 e. The van der Waals surface area contributed by atoms with Gasteiger partial charge in [0.05, 0.1) is 0 Å². The Labute approximate surface area is 136 Å². The first-order valence-electron chi connectivity index (χ1n) is 8.30. The van der Waals surface area contributed by atoms with Gasteiger partial charge in [0, 0.05) is 6.04 Å². The minimum absolute atomic E-state index is 0.138. The highest BCUT2D eigenvalue weighted by atomic mass is 16.5. The molecular weight excluding hydrogens is 290 g/mol. The van der Waals surface area contributed by atoms with Gasteiger partial charge < -0.3 is 14.5 Å². The summed E-state index contributed by atoms with van der Waals surface area (Å²) < 4.78 is 11.4. The summed E-state index contributed by atoms with van der Waals surface area (Å²) in [6.45, 7) is 4.33. The molecule has 0 radical (unpaired) electrons. The third-order valence-corrected chi connectivity index (χ3v) is 4.33. The summed E-state index contributed by atoms with van der Waals surface area (Å²) in [6.07, 6.45) is 4.42. The van der Waals surface area contributed by atoms with Gasteiger partial charge in [-0.05, 0) is 68.0 Å². The quantitative estimate of drug-likeness (QED) is 0.880. The zero-order valence-electron chi connectivity index (χ0n) is 13.7. The molecule has 3 rings (SSSR count). The Hall–Kier alpha value is -2.23. The Morgan fingerprint density at radius 3 is 2.91 bits per heavy atom. The predicted molar refractivity (Wildman–Crippen MR) is 88.7 cm³/mol. The number of hydrogen-bond acceptors (Lipinski definition) is 3. The number of carbonyl (C=O) groups is 1. The lowest BCUT2D eigenvalue weighted by molar-refractivity contribution is 0.0907. The lowest BCUT2D eigenvalue weighted by Crippen LogP contribution is -2.31. The lowest BCUT2D eigenvalue weighted by Gasteiger charge is -2.09. The molecule has 0 saturated heterocycles. The molecule has 1 aliphatic carbocycles. The van der Waals surface area contributed by atoms with Crippen LogP contribution in [0.2, 0.25) is 0 Å². The number of hydrogen-bond donors (Lipinski definition) is 1. The van der Waals surface area contributed by atoms with Crippen LogP contribution in [0.3, 0.4) is 0 Å². The minimum atomic E-state index is -0.178. The standard InChI is InChI=1S/C19H23NO3/c1-3-13(2)20-19(21)18-10-9-17(23-18)12-22-16-8-7-14-5-4-6-15(14)11-16/h7-11,13H,3-6,12H2,1-2H3,(H,20,21)/t13-/m1/s1. The van der Waals surface area contributed by atoms with E-state index in [1.807, 2.05) is 19.9 Å². The van der Waals surface area contributed by atoms with E-state index >= 15 is 0 Å². The summed E-state index contributed by atoms with van der Waals surface area (Å²) in [5, 5.41) is 2.89. The number of amides is 1. The van der Waals surface area contributed by atoms with Gasteiger partial charge in [-0.2, -0.15) is 0 Å². The second-order valence-electron chi connectivity index (χ2n) is 6.12. The molecule has 0 spiro atoms. The lowest BCUT2D eigenvalue weighted by atomic mass is 10.1. The van der Waals surface area contributed by atoms with Crippen molar-refractivity contribution < 1.29 is 13.9 Å². The first-order valence-corrected chi connectivity index (χ1v) is 8.30. The van der Waals surface area contributed by atoms with E-state index in [0.717, 1.165) is 18.6 Å². The van der Waals surface area contributed by atoms with Crippen molar-refractivity contribution >= 4 is 5.91 Å². The van der Waals surface area contributed by atoms with Crippen LogP contribution in [0.1, 0.15) is 54.1 Å². The monoisotopic (exact) mass is 313 g/mol. The van der Waals surface area contributed by atoms with Gasteiger partial charge in [0.15, 0.2) is 5.76 Å². The summed E-state index contributed by atoms with van der Waals surface area (Å²) in [5.74, 6) is 1.66. The normalized spacial score (nSPS) is 14.3. The molecule has 1 atom stereocenters. The van der Waals surface area contributed by atoms with Crippen molar-refractivity contribution in [1.29, 1.82) is 0 Å². The number of rotatable bonds is 6. The summed E-state index contributed by atoms with van der Waals surface area (Å²) in [6, 6.07) is 9.88. The van der Waals surface area contributed by atoms with Crippen LogP contribution in [0.25, 0.3) is 0 Å². The maximum Gasteiger partial charge on any atom is 0.287 e. The van der Waals surface area contributed by atoms with Crippen LogP contribution in [0.15, 0.2) is 34.7 Å². The van der Waals surface area contributed by atoms with E-state index in [1.165, 1.54) is 24.0 Å². The highest BCUT2D eigenvalue weighted by molar-refractivity contribution is 5.91. The van der Waals surface area contributed by atoms with Gasteiger partial charge in [0.1, 0.15) is 18.1 Å². The SMILES string of the molecule is CC[C@@H](C)NC(=O)c1ccc(COc2ccc3c(c2)CCC3)o1. The molecule has 122 valence electrons. The topological polar surface area (TPSA) is 51.5 Å². The molecular formula is C19H23NO3. The Morgan fingerprint density at radius 1 is 1.26 bits per heavy atom. The van der Waals surface area contributed by atoms with Crippen LogP contribution in [0, 0.1) is 0 Å². The molecule has 0 unspecified atom stereocenters. The van der Waals surface area contributed by atoms with Crippen molar-refractivity contribution in [3.8, 4) is 5.75 Å². The van der Waals surface area contributed by atoms with E-state index in [1.54, 1.807) is 12.1 Å². The van der Waals surface area contributed by atoms with Crippen molar-refractivity contribution in [1.82, 2.24) is 5.32 Å². The van der Waals surface area contributed by atoms with E-state index < -0.39 is 0 Å². The average molecular weight is 313 g/mol. The number of aryl methyl sites for hydroxylation is 2. The van der Waals surface area contributed by atoms with E-state index in [4.69, 9.17) is 9.15 Å². The highest BCUT2D eigenvalue weighted by Crippen LogP contribution is 2.26. The van der Waals surface area contributed by atoms with Crippen LogP contribution in [-0.2, 0) is 19.4 Å². The molecule has 1 aromatic heterocycles. The highest BCUT2D eigenvalue weighted by Gasteiger charge is 2.14. The largest absolute Gasteiger partial charge is 0.486 e. The van der Waals surface area contributed by atoms with Gasteiger partial charge in [0.25, 0.3) is 5.91 Å². The van der Waals surface area contributed by atoms with Crippen LogP contribution >= 0.6 is 0 Å². The fourth-order valence-electron chi connectivity index (χ4n) is 2.77. The molecule has 4 heteroatoms. The molecule has 23 heavy (non-hydrogen) atoms. The molecule has 0 bridgehead atoms. The van der Waals surface area contributed by atoms with E-state index in [-0.39, 0.29) is 11.9 Å². The summed E-state index contributed by atoms with van der Waals surface area (Å²) in [5.41, 5.74) is 2.81. The van der Waals surface area contributed by atoms with Gasteiger partial charge >= 0.3 is 0 Å². The van der Waals surface area contributed by atoms with Crippen molar-refractivity contribution in [2.45, 2.75) is 52.2 Å². The Balaban J connectivity index is 1.58. The molecule has 0 fully saturated rings. The van der Waals surface area contributed by atoms with Crippen LogP contribution in [0.4, 0.5) is 0 Å². The zero-order chi connectivity index (χ0) is 16.2. The number of fused-ring (bicyclic) bond motifs is 1. The van der Waals surface area contributed by atoms with Gasteiger partial charge in [-0.1, -0.05) is 13.0 Å². The molecule has 1 aromatic carbocycles. The zero-order valence-corrected chi connectivity index (χ0v) is 13.7. The average Bonchev–Trinajstić information content (AvgIpc) is 3.21. The predicted octanol–water partition coefficient (Wildman–Crippen LogP) is 3.88. The van der Waals surface area contributed by atoms with Gasteiger partial charge in [-0.15, -0.1) is 0 Å². The molecule has 1 N–H and O–H groups in total. The second-order valence-corrected chi connectivity index (χ2v) is 6.12. The molecule has 1 heterocycles. The molecule has 1 aliphatic rings. The van der Waals surface area contributed by atoms with Crippen molar-refractivity contribution in [3.05, 3.63) is 53.0 Å². The fraction of sp³-hybridized carbons (Fsp3) is 0.421.